The lowest BCUT2D eigenvalue weighted by molar-refractivity contribution is -0.114. The second-order valence-electron chi connectivity index (χ2n) is 5.65. The molecule has 1 aromatic rings. The average Bonchev–Trinajstić information content (AvgIpc) is 2.46. The third-order valence-electron chi connectivity index (χ3n) is 3.74. The molecule has 6 nitrogen and oxygen atoms in total. The summed E-state index contributed by atoms with van der Waals surface area (Å²) in [4.78, 5) is 11.4. The molecule has 7 heteroatoms. The molecule has 1 heterocycles. The predicted octanol–water partition coefficient (Wildman–Crippen LogP) is 2.07. The number of anilines is 1. The molecule has 0 saturated carbocycles. The van der Waals surface area contributed by atoms with Gasteiger partial charge >= 0.3 is 0 Å². The molecule has 22 heavy (non-hydrogen) atoms. The molecule has 1 unspecified atom stereocenters. The number of carbonyl (C=O) groups is 1. The van der Waals surface area contributed by atoms with Crippen molar-refractivity contribution in [2.24, 2.45) is 5.92 Å². The zero-order chi connectivity index (χ0) is 16.3. The number of methoxy groups -OCH3 is 1. The van der Waals surface area contributed by atoms with Crippen LogP contribution >= 0.6 is 0 Å². The van der Waals surface area contributed by atoms with Gasteiger partial charge in [0, 0.05) is 20.0 Å². The van der Waals surface area contributed by atoms with Crippen LogP contribution in [0.5, 0.6) is 5.75 Å². The van der Waals surface area contributed by atoms with E-state index in [1.165, 1.54) is 30.5 Å². The Hall–Kier alpha value is -1.60. The van der Waals surface area contributed by atoms with E-state index < -0.39 is 10.0 Å². The van der Waals surface area contributed by atoms with Crippen molar-refractivity contribution in [2.45, 2.75) is 31.6 Å². The van der Waals surface area contributed by atoms with Crippen LogP contribution in [-0.2, 0) is 14.8 Å². The van der Waals surface area contributed by atoms with Crippen molar-refractivity contribution in [1.82, 2.24) is 4.31 Å². The van der Waals surface area contributed by atoms with Gasteiger partial charge in [0.25, 0.3) is 0 Å². The molecular formula is C15H22N2O4S. The standard InChI is InChI=1S/C15H22N2O4S/c1-11-5-4-8-17(10-11)22(19,20)13-6-7-15(21-3)14(9-13)16-12(2)18/h6-7,9,11H,4-5,8,10H2,1-3H3,(H,16,18). The quantitative estimate of drug-likeness (QED) is 0.919. The molecule has 1 aliphatic heterocycles. The topological polar surface area (TPSA) is 75.7 Å². The van der Waals surface area contributed by atoms with Crippen LogP contribution in [0.1, 0.15) is 26.7 Å². The minimum atomic E-state index is -3.55. The minimum absolute atomic E-state index is 0.172. The number of hydrogen-bond donors (Lipinski definition) is 1. The van der Waals surface area contributed by atoms with Gasteiger partial charge in [0.2, 0.25) is 15.9 Å². The number of benzene rings is 1. The van der Waals surface area contributed by atoms with Gasteiger partial charge < -0.3 is 10.1 Å². The Kier molecular flexibility index (Phi) is 5.08. The first kappa shape index (κ1) is 16.8. The first-order valence-electron chi connectivity index (χ1n) is 7.30. The SMILES string of the molecule is COc1ccc(S(=O)(=O)N2CCCC(C)C2)cc1NC(C)=O. The highest BCUT2D eigenvalue weighted by molar-refractivity contribution is 7.89. The van der Waals surface area contributed by atoms with Crippen molar-refractivity contribution >= 4 is 21.6 Å². The first-order chi connectivity index (χ1) is 10.3. The van der Waals surface area contributed by atoms with Crippen LogP contribution in [0.15, 0.2) is 23.1 Å². The third-order valence-corrected chi connectivity index (χ3v) is 5.60. The molecule has 0 aromatic heterocycles. The molecule has 1 amide bonds. The van der Waals surface area contributed by atoms with Gasteiger partial charge in [-0.15, -0.1) is 0 Å². The fourth-order valence-electron chi connectivity index (χ4n) is 2.65. The highest BCUT2D eigenvalue weighted by Crippen LogP contribution is 2.30. The Labute approximate surface area is 131 Å². The monoisotopic (exact) mass is 326 g/mol. The Morgan fingerprint density at radius 2 is 2.14 bits per heavy atom. The van der Waals surface area contributed by atoms with Crippen LogP contribution in [0.2, 0.25) is 0 Å². The van der Waals surface area contributed by atoms with E-state index >= 15 is 0 Å². The largest absolute Gasteiger partial charge is 0.495 e. The van der Waals surface area contributed by atoms with Gasteiger partial charge in [0.05, 0.1) is 17.7 Å². The Balaban J connectivity index is 2.36. The number of carbonyl (C=O) groups excluding carboxylic acids is 1. The molecule has 1 atom stereocenters. The van der Waals surface area contributed by atoms with E-state index in [0.717, 1.165) is 12.8 Å². The number of amides is 1. The van der Waals surface area contributed by atoms with E-state index in [0.29, 0.717) is 30.4 Å². The summed E-state index contributed by atoms with van der Waals surface area (Å²) >= 11 is 0. The molecule has 0 aliphatic carbocycles. The molecule has 0 radical (unpaired) electrons. The van der Waals surface area contributed by atoms with Crippen molar-refractivity contribution in [3.05, 3.63) is 18.2 Å². The summed E-state index contributed by atoms with van der Waals surface area (Å²) in [5, 5.41) is 2.60. The van der Waals surface area contributed by atoms with E-state index in [4.69, 9.17) is 4.74 Å². The maximum atomic E-state index is 12.7. The van der Waals surface area contributed by atoms with Crippen LogP contribution in [0.4, 0.5) is 5.69 Å². The molecule has 1 aliphatic rings. The minimum Gasteiger partial charge on any atom is -0.495 e. The van der Waals surface area contributed by atoms with Crippen LogP contribution in [-0.4, -0.2) is 38.8 Å². The van der Waals surface area contributed by atoms with Crippen molar-refractivity contribution in [3.8, 4) is 5.75 Å². The highest BCUT2D eigenvalue weighted by Gasteiger charge is 2.29. The second kappa shape index (κ2) is 6.66. The zero-order valence-corrected chi connectivity index (χ0v) is 13.9. The number of rotatable bonds is 4. The Morgan fingerprint density at radius 3 is 2.73 bits per heavy atom. The molecule has 1 aromatic carbocycles. The number of nitrogens with one attached hydrogen (secondary N) is 1. The summed E-state index contributed by atoms with van der Waals surface area (Å²) in [6, 6.07) is 4.53. The molecule has 1 saturated heterocycles. The van der Waals surface area contributed by atoms with Gasteiger partial charge in [0.1, 0.15) is 5.75 Å². The zero-order valence-electron chi connectivity index (χ0n) is 13.1. The average molecular weight is 326 g/mol. The second-order valence-corrected chi connectivity index (χ2v) is 7.59. The predicted molar refractivity (Wildman–Crippen MR) is 84.5 cm³/mol. The van der Waals surface area contributed by atoms with Crippen LogP contribution in [0.3, 0.4) is 0 Å². The van der Waals surface area contributed by atoms with Crippen molar-refractivity contribution in [1.29, 1.82) is 0 Å². The lowest BCUT2D eigenvalue weighted by Crippen LogP contribution is -2.39. The number of piperidine rings is 1. The fourth-order valence-corrected chi connectivity index (χ4v) is 4.27. The molecule has 122 valence electrons. The summed E-state index contributed by atoms with van der Waals surface area (Å²) in [6.45, 7) is 4.49. The van der Waals surface area contributed by atoms with E-state index in [1.54, 1.807) is 6.07 Å². The van der Waals surface area contributed by atoms with Gasteiger partial charge in [-0.05, 0) is 37.0 Å². The summed E-state index contributed by atoms with van der Waals surface area (Å²) in [5.41, 5.74) is 0.362. The van der Waals surface area contributed by atoms with Crippen LogP contribution in [0.25, 0.3) is 0 Å². The number of nitrogens with zero attached hydrogens (tertiary/aromatic N) is 1. The Bertz CT molecular complexity index is 658. The van der Waals surface area contributed by atoms with E-state index in [9.17, 15) is 13.2 Å². The smallest absolute Gasteiger partial charge is 0.243 e. The summed E-state index contributed by atoms with van der Waals surface area (Å²) in [5.74, 6) is 0.511. The highest BCUT2D eigenvalue weighted by atomic mass is 32.2. The Morgan fingerprint density at radius 1 is 1.41 bits per heavy atom. The fraction of sp³-hybridized carbons (Fsp3) is 0.533. The summed E-state index contributed by atoms with van der Waals surface area (Å²) in [6.07, 6.45) is 1.92. The van der Waals surface area contributed by atoms with E-state index in [2.05, 4.69) is 12.2 Å². The number of ether oxygens (including phenoxy) is 1. The molecule has 0 bridgehead atoms. The molecule has 2 rings (SSSR count). The maximum Gasteiger partial charge on any atom is 0.243 e. The number of sulfonamides is 1. The van der Waals surface area contributed by atoms with Crippen LogP contribution in [0, 0.1) is 5.92 Å². The molecular weight excluding hydrogens is 304 g/mol. The van der Waals surface area contributed by atoms with E-state index in [1.807, 2.05) is 0 Å². The normalized spacial score (nSPS) is 19.7. The van der Waals surface area contributed by atoms with Crippen molar-refractivity contribution in [2.75, 3.05) is 25.5 Å². The third kappa shape index (κ3) is 3.59. The molecule has 1 fully saturated rings. The molecule has 0 spiro atoms. The number of hydrogen-bond acceptors (Lipinski definition) is 4. The first-order valence-corrected chi connectivity index (χ1v) is 8.74. The van der Waals surface area contributed by atoms with Crippen LogP contribution < -0.4 is 10.1 Å². The van der Waals surface area contributed by atoms with Crippen molar-refractivity contribution < 1.29 is 17.9 Å². The lowest BCUT2D eigenvalue weighted by Gasteiger charge is -2.30. The van der Waals surface area contributed by atoms with Gasteiger partial charge in [0.15, 0.2) is 0 Å². The molecule has 1 N–H and O–H groups in total. The van der Waals surface area contributed by atoms with Gasteiger partial charge in [-0.3, -0.25) is 4.79 Å². The lowest BCUT2D eigenvalue weighted by atomic mass is 10.0. The summed E-state index contributed by atoms with van der Waals surface area (Å²) in [7, 11) is -2.08. The van der Waals surface area contributed by atoms with Gasteiger partial charge in [-0.2, -0.15) is 4.31 Å². The van der Waals surface area contributed by atoms with Crippen molar-refractivity contribution in [3.63, 3.8) is 0 Å². The summed E-state index contributed by atoms with van der Waals surface area (Å²) < 4.78 is 32.2. The van der Waals surface area contributed by atoms with Gasteiger partial charge in [-0.25, -0.2) is 8.42 Å². The maximum absolute atomic E-state index is 12.7. The van der Waals surface area contributed by atoms with Gasteiger partial charge in [-0.1, -0.05) is 6.92 Å². The van der Waals surface area contributed by atoms with E-state index in [-0.39, 0.29) is 10.8 Å².